The van der Waals surface area contributed by atoms with Crippen LogP contribution in [0.5, 0.6) is 0 Å². The zero-order valence-electron chi connectivity index (χ0n) is 14.3. The molecule has 0 radical (unpaired) electrons. The average molecular weight is 389 g/mol. The third kappa shape index (κ3) is 4.40. The Balaban J connectivity index is 1.73. The van der Waals surface area contributed by atoms with Crippen LogP contribution >= 0.6 is 0 Å². The number of ether oxygens (including phenoxy) is 1. The van der Waals surface area contributed by atoms with E-state index in [0.717, 1.165) is 5.56 Å². The zero-order chi connectivity index (χ0) is 18.1. The quantitative estimate of drug-likeness (QED) is 0.723. The highest BCUT2D eigenvalue weighted by Gasteiger charge is 2.31. The van der Waals surface area contributed by atoms with Crippen LogP contribution in [0.15, 0.2) is 29.2 Å². The van der Waals surface area contributed by atoms with Gasteiger partial charge in [0, 0.05) is 25.7 Å². The molecule has 2 fully saturated rings. The molecule has 0 amide bonds. The molecule has 2 aliphatic heterocycles. The second kappa shape index (κ2) is 7.32. The lowest BCUT2D eigenvalue weighted by Crippen LogP contribution is -2.40. The van der Waals surface area contributed by atoms with Gasteiger partial charge in [-0.3, -0.25) is 4.90 Å². The van der Waals surface area contributed by atoms with E-state index in [1.165, 1.54) is 4.31 Å². The molecule has 140 valence electrons. The molecule has 1 aromatic rings. The van der Waals surface area contributed by atoms with Gasteiger partial charge < -0.3 is 4.74 Å². The van der Waals surface area contributed by atoms with E-state index in [0.29, 0.717) is 39.3 Å². The van der Waals surface area contributed by atoms with Gasteiger partial charge in [0.25, 0.3) is 0 Å². The van der Waals surface area contributed by atoms with Crippen LogP contribution in [-0.2, 0) is 31.1 Å². The highest BCUT2D eigenvalue weighted by atomic mass is 32.2. The van der Waals surface area contributed by atoms with Crippen molar-refractivity contribution in [2.75, 3.05) is 44.9 Å². The Morgan fingerprint density at radius 2 is 2.00 bits per heavy atom. The first kappa shape index (κ1) is 18.8. The molecule has 7 nitrogen and oxygen atoms in total. The van der Waals surface area contributed by atoms with E-state index in [1.807, 2.05) is 18.0 Å². The van der Waals surface area contributed by atoms with Crippen LogP contribution < -0.4 is 0 Å². The summed E-state index contributed by atoms with van der Waals surface area (Å²) < 4.78 is 55.4. The Morgan fingerprint density at radius 1 is 1.28 bits per heavy atom. The molecule has 0 saturated carbocycles. The molecule has 1 atom stereocenters. The standard InChI is InChI=1S/C16H24N2O5S2/c1-17(15-5-10-24(19,20)13-15)12-14-3-2-4-16(11-14)25(21,22)18-6-8-23-9-7-18/h2-4,11,15H,5-10,12-13H2,1H3/t15-/m0/s1. The van der Waals surface area contributed by atoms with Crippen LogP contribution in [0.4, 0.5) is 0 Å². The Bertz CT molecular complexity index is 817. The van der Waals surface area contributed by atoms with E-state index < -0.39 is 19.9 Å². The second-order valence-corrected chi connectivity index (χ2v) is 10.8. The van der Waals surface area contributed by atoms with Crippen LogP contribution in [0, 0.1) is 0 Å². The zero-order valence-corrected chi connectivity index (χ0v) is 15.9. The summed E-state index contributed by atoms with van der Waals surface area (Å²) in [6.07, 6.45) is 0.630. The maximum Gasteiger partial charge on any atom is 0.243 e. The fraction of sp³-hybridized carbons (Fsp3) is 0.625. The molecule has 25 heavy (non-hydrogen) atoms. The molecular formula is C16H24N2O5S2. The molecule has 0 unspecified atom stereocenters. The Morgan fingerprint density at radius 3 is 2.64 bits per heavy atom. The first-order valence-electron chi connectivity index (χ1n) is 8.35. The second-order valence-electron chi connectivity index (χ2n) is 6.64. The van der Waals surface area contributed by atoms with Gasteiger partial charge in [-0.1, -0.05) is 12.1 Å². The molecule has 3 rings (SSSR count). The largest absolute Gasteiger partial charge is 0.379 e. The number of rotatable bonds is 5. The van der Waals surface area contributed by atoms with Gasteiger partial charge in [0.05, 0.1) is 29.6 Å². The topological polar surface area (TPSA) is 84.0 Å². The van der Waals surface area contributed by atoms with E-state index in [2.05, 4.69) is 0 Å². The Hall–Kier alpha value is -1.00. The predicted molar refractivity (Wildman–Crippen MR) is 94.5 cm³/mol. The van der Waals surface area contributed by atoms with Gasteiger partial charge in [0.2, 0.25) is 10.0 Å². The van der Waals surface area contributed by atoms with Gasteiger partial charge in [0.1, 0.15) is 0 Å². The van der Waals surface area contributed by atoms with Crippen LogP contribution in [0.2, 0.25) is 0 Å². The summed E-state index contributed by atoms with van der Waals surface area (Å²) >= 11 is 0. The normalized spacial score (nSPS) is 24.6. The molecule has 9 heteroatoms. The summed E-state index contributed by atoms with van der Waals surface area (Å²) in [6.45, 7) is 2.08. The number of sulfonamides is 1. The minimum atomic E-state index is -3.52. The van der Waals surface area contributed by atoms with Crippen molar-refractivity contribution >= 4 is 19.9 Å². The van der Waals surface area contributed by atoms with Gasteiger partial charge in [-0.25, -0.2) is 16.8 Å². The van der Waals surface area contributed by atoms with Crippen molar-refractivity contribution in [1.82, 2.24) is 9.21 Å². The van der Waals surface area contributed by atoms with Crippen LogP contribution in [0.1, 0.15) is 12.0 Å². The van der Waals surface area contributed by atoms with Crippen molar-refractivity contribution in [1.29, 1.82) is 0 Å². The SMILES string of the molecule is CN(Cc1cccc(S(=O)(=O)N2CCOCC2)c1)[C@H]1CCS(=O)(=O)C1. The van der Waals surface area contributed by atoms with Gasteiger partial charge in [-0.05, 0) is 31.2 Å². The van der Waals surface area contributed by atoms with Crippen molar-refractivity contribution in [3.63, 3.8) is 0 Å². The van der Waals surface area contributed by atoms with Gasteiger partial charge in [0.15, 0.2) is 9.84 Å². The Kier molecular flexibility index (Phi) is 5.50. The fourth-order valence-corrected chi connectivity index (χ4v) is 6.56. The van der Waals surface area contributed by atoms with E-state index in [1.54, 1.807) is 18.2 Å². The maximum absolute atomic E-state index is 12.7. The molecule has 0 bridgehead atoms. The lowest BCUT2D eigenvalue weighted by atomic mass is 10.1. The molecule has 0 spiro atoms. The first-order chi connectivity index (χ1) is 11.8. The highest BCUT2D eigenvalue weighted by molar-refractivity contribution is 7.91. The molecule has 2 aliphatic rings. The number of hydrogen-bond donors (Lipinski definition) is 0. The Labute approximate surface area is 149 Å². The van der Waals surface area contributed by atoms with Crippen molar-refractivity contribution < 1.29 is 21.6 Å². The van der Waals surface area contributed by atoms with E-state index in [-0.39, 0.29) is 22.4 Å². The van der Waals surface area contributed by atoms with E-state index in [4.69, 9.17) is 4.74 Å². The van der Waals surface area contributed by atoms with Gasteiger partial charge >= 0.3 is 0 Å². The number of benzene rings is 1. The molecule has 2 heterocycles. The van der Waals surface area contributed by atoms with Crippen molar-refractivity contribution in [2.45, 2.75) is 23.9 Å². The monoisotopic (exact) mass is 388 g/mol. The number of hydrogen-bond acceptors (Lipinski definition) is 6. The smallest absolute Gasteiger partial charge is 0.243 e. The molecular weight excluding hydrogens is 364 g/mol. The molecule has 0 N–H and O–H groups in total. The summed E-state index contributed by atoms with van der Waals surface area (Å²) in [5.41, 5.74) is 0.862. The third-order valence-corrected chi connectivity index (χ3v) is 8.41. The van der Waals surface area contributed by atoms with E-state index in [9.17, 15) is 16.8 Å². The lowest BCUT2D eigenvalue weighted by Gasteiger charge is -2.26. The molecule has 2 saturated heterocycles. The predicted octanol–water partition coefficient (Wildman–Crippen LogP) is 0.326. The van der Waals surface area contributed by atoms with Gasteiger partial charge in [-0.2, -0.15) is 4.31 Å². The minimum Gasteiger partial charge on any atom is -0.379 e. The maximum atomic E-state index is 12.7. The minimum absolute atomic E-state index is 0.00972. The van der Waals surface area contributed by atoms with Crippen LogP contribution in [0.25, 0.3) is 0 Å². The van der Waals surface area contributed by atoms with Crippen LogP contribution in [0.3, 0.4) is 0 Å². The highest BCUT2D eigenvalue weighted by Crippen LogP contribution is 2.21. The van der Waals surface area contributed by atoms with Crippen LogP contribution in [-0.4, -0.2) is 76.9 Å². The first-order valence-corrected chi connectivity index (χ1v) is 11.6. The summed E-state index contributed by atoms with van der Waals surface area (Å²) in [4.78, 5) is 2.27. The van der Waals surface area contributed by atoms with Crippen molar-refractivity contribution in [3.8, 4) is 0 Å². The summed E-state index contributed by atoms with van der Waals surface area (Å²) in [7, 11) is -4.57. The van der Waals surface area contributed by atoms with Crippen molar-refractivity contribution in [2.24, 2.45) is 0 Å². The molecule has 0 aromatic heterocycles. The van der Waals surface area contributed by atoms with Crippen molar-refractivity contribution in [3.05, 3.63) is 29.8 Å². The number of nitrogens with zero attached hydrogens (tertiary/aromatic N) is 2. The third-order valence-electron chi connectivity index (χ3n) is 4.77. The lowest BCUT2D eigenvalue weighted by molar-refractivity contribution is 0.0730. The summed E-state index contributed by atoms with van der Waals surface area (Å²) in [5.74, 6) is 0.405. The van der Waals surface area contributed by atoms with Gasteiger partial charge in [-0.15, -0.1) is 0 Å². The number of morpholine rings is 1. The average Bonchev–Trinajstić information content (AvgIpc) is 2.96. The summed E-state index contributed by atoms with van der Waals surface area (Å²) in [6, 6.07) is 6.89. The summed E-state index contributed by atoms with van der Waals surface area (Å²) in [5, 5.41) is 0. The fourth-order valence-electron chi connectivity index (χ4n) is 3.28. The molecule has 0 aliphatic carbocycles. The molecule has 1 aromatic carbocycles. The number of sulfone groups is 1. The van der Waals surface area contributed by atoms with E-state index >= 15 is 0 Å².